The van der Waals surface area contributed by atoms with Gasteiger partial charge in [0.2, 0.25) is 5.91 Å². The molecule has 0 radical (unpaired) electrons. The Kier molecular flexibility index (Phi) is 6.38. The second-order valence-corrected chi connectivity index (χ2v) is 7.54. The van der Waals surface area contributed by atoms with Crippen LogP contribution in [0.15, 0.2) is 29.6 Å². The Labute approximate surface area is 171 Å². The smallest absolute Gasteiger partial charge is 0.312 e. The number of thiazole rings is 1. The van der Waals surface area contributed by atoms with Gasteiger partial charge >= 0.3 is 5.97 Å². The summed E-state index contributed by atoms with van der Waals surface area (Å²) in [6.07, 6.45) is 0.217. The number of aromatic nitrogens is 1. The Morgan fingerprint density at radius 1 is 1.34 bits per heavy atom. The number of carbonyl (C=O) groups is 4. The van der Waals surface area contributed by atoms with Gasteiger partial charge in [0, 0.05) is 29.6 Å². The lowest BCUT2D eigenvalue weighted by molar-refractivity contribution is -0.152. The number of esters is 1. The lowest BCUT2D eigenvalue weighted by Crippen LogP contribution is -2.30. The molecule has 0 unspecified atom stereocenters. The van der Waals surface area contributed by atoms with Crippen LogP contribution in [0, 0.1) is 0 Å². The number of nitrogens with zero attached hydrogens (tertiary/aromatic N) is 2. The molecular formula is C20H21N3O5S. The van der Waals surface area contributed by atoms with Crippen molar-refractivity contribution in [2.75, 3.05) is 16.8 Å². The van der Waals surface area contributed by atoms with Gasteiger partial charge in [-0.2, -0.15) is 0 Å². The maximum Gasteiger partial charge on any atom is 0.312 e. The van der Waals surface area contributed by atoms with Gasteiger partial charge in [0.05, 0.1) is 12.1 Å². The molecule has 8 nitrogen and oxygen atoms in total. The molecule has 2 aromatic rings. The van der Waals surface area contributed by atoms with E-state index in [1.54, 1.807) is 34.5 Å². The zero-order valence-electron chi connectivity index (χ0n) is 16.1. The normalized spacial score (nSPS) is 14.6. The van der Waals surface area contributed by atoms with Gasteiger partial charge in [0.15, 0.2) is 17.0 Å². The van der Waals surface area contributed by atoms with Crippen molar-refractivity contribution >= 4 is 45.7 Å². The van der Waals surface area contributed by atoms with Gasteiger partial charge in [-0.15, -0.1) is 11.3 Å². The number of ketones is 1. The first kappa shape index (κ1) is 20.7. The predicted octanol–water partition coefficient (Wildman–Crippen LogP) is 2.59. The fraction of sp³-hybridized carbons (Fsp3) is 0.350. The highest BCUT2D eigenvalue weighted by Gasteiger charge is 2.25. The molecule has 2 heterocycles. The van der Waals surface area contributed by atoms with Gasteiger partial charge in [-0.25, -0.2) is 4.98 Å². The molecule has 9 heteroatoms. The monoisotopic (exact) mass is 415 g/mol. The molecule has 0 saturated carbocycles. The van der Waals surface area contributed by atoms with Gasteiger partial charge < -0.3 is 10.1 Å². The summed E-state index contributed by atoms with van der Waals surface area (Å²) in [5.74, 6) is -1.16. The molecule has 2 amide bonds. The fourth-order valence-corrected chi connectivity index (χ4v) is 3.72. The van der Waals surface area contributed by atoms with E-state index in [-0.39, 0.29) is 18.1 Å². The number of ether oxygens (including phenoxy) is 1. The summed E-state index contributed by atoms with van der Waals surface area (Å²) in [5, 5.41) is 4.91. The highest BCUT2D eigenvalue weighted by Crippen LogP contribution is 2.25. The number of benzene rings is 1. The molecule has 1 aliphatic heterocycles. The van der Waals surface area contributed by atoms with Crippen LogP contribution in [-0.4, -0.2) is 41.2 Å². The third-order valence-electron chi connectivity index (χ3n) is 4.38. The average molecular weight is 415 g/mol. The third kappa shape index (κ3) is 5.26. The van der Waals surface area contributed by atoms with Crippen molar-refractivity contribution in [1.29, 1.82) is 0 Å². The van der Waals surface area contributed by atoms with E-state index in [2.05, 4.69) is 10.3 Å². The molecule has 1 saturated heterocycles. The van der Waals surface area contributed by atoms with Gasteiger partial charge in [0.1, 0.15) is 0 Å². The number of hydrogen-bond acceptors (Lipinski definition) is 7. The van der Waals surface area contributed by atoms with Crippen molar-refractivity contribution in [1.82, 2.24) is 4.98 Å². The topological polar surface area (TPSA) is 106 Å². The highest BCUT2D eigenvalue weighted by atomic mass is 32.1. The van der Waals surface area contributed by atoms with Crippen LogP contribution in [0.4, 0.5) is 10.8 Å². The molecule has 0 bridgehead atoms. The zero-order chi connectivity index (χ0) is 21.0. The minimum atomic E-state index is -1.01. The quantitative estimate of drug-likeness (QED) is 0.550. The minimum Gasteiger partial charge on any atom is -0.452 e. The number of amides is 2. The van der Waals surface area contributed by atoms with E-state index in [4.69, 9.17) is 4.74 Å². The van der Waals surface area contributed by atoms with Crippen LogP contribution in [0.2, 0.25) is 0 Å². The Bertz CT molecular complexity index is 955. The summed E-state index contributed by atoms with van der Waals surface area (Å²) in [6.45, 7) is 3.55. The molecule has 152 valence electrons. The number of hydrogen-bond donors (Lipinski definition) is 1. The first-order valence-electron chi connectivity index (χ1n) is 9.19. The van der Waals surface area contributed by atoms with E-state index in [1.807, 2.05) is 0 Å². The van der Waals surface area contributed by atoms with Gasteiger partial charge in [-0.3, -0.25) is 24.1 Å². The zero-order valence-corrected chi connectivity index (χ0v) is 17.0. The maximum absolute atomic E-state index is 12.3. The summed E-state index contributed by atoms with van der Waals surface area (Å²) >= 11 is 1.30. The van der Waals surface area contributed by atoms with Crippen LogP contribution in [0.3, 0.4) is 0 Å². The average Bonchev–Trinajstić information content (AvgIpc) is 3.30. The Morgan fingerprint density at radius 2 is 2.14 bits per heavy atom. The van der Waals surface area contributed by atoms with Crippen molar-refractivity contribution in [2.24, 2.45) is 0 Å². The van der Waals surface area contributed by atoms with Gasteiger partial charge in [0.25, 0.3) is 5.91 Å². The van der Waals surface area contributed by atoms with Gasteiger partial charge in [-0.1, -0.05) is 12.1 Å². The van der Waals surface area contributed by atoms with Crippen molar-refractivity contribution in [3.8, 4) is 0 Å². The minimum absolute atomic E-state index is 0.0348. The molecule has 1 aromatic heterocycles. The number of Topliss-reactive ketones (excluding diaryl/α,β-unsaturated/α-hetero) is 1. The SMILES string of the molecule is CC(=O)c1cccc(NC(=O)[C@@H](C)OC(=O)Cc2csc(N3CCCC3=O)n2)c1. The molecule has 0 spiro atoms. The van der Waals surface area contributed by atoms with E-state index in [1.165, 1.54) is 25.2 Å². The number of nitrogens with one attached hydrogen (secondary N) is 1. The number of rotatable bonds is 7. The molecule has 1 aromatic carbocycles. The summed E-state index contributed by atoms with van der Waals surface area (Å²) in [6, 6.07) is 6.52. The summed E-state index contributed by atoms with van der Waals surface area (Å²) in [5.41, 5.74) is 1.42. The lowest BCUT2D eigenvalue weighted by Gasteiger charge is -2.13. The van der Waals surface area contributed by atoms with Crippen molar-refractivity contribution in [3.63, 3.8) is 0 Å². The molecule has 29 heavy (non-hydrogen) atoms. The molecule has 1 atom stereocenters. The molecule has 1 fully saturated rings. The Hall–Kier alpha value is -3.07. The molecule has 3 rings (SSSR count). The Balaban J connectivity index is 1.53. The van der Waals surface area contributed by atoms with E-state index in [0.717, 1.165) is 6.42 Å². The van der Waals surface area contributed by atoms with Crippen LogP contribution < -0.4 is 10.2 Å². The summed E-state index contributed by atoms with van der Waals surface area (Å²) in [4.78, 5) is 53.6. The van der Waals surface area contributed by atoms with Crippen LogP contribution in [0.5, 0.6) is 0 Å². The van der Waals surface area contributed by atoms with Crippen molar-refractivity contribution < 1.29 is 23.9 Å². The van der Waals surface area contributed by atoms with E-state index in [0.29, 0.717) is 35.0 Å². The van der Waals surface area contributed by atoms with Crippen molar-refractivity contribution in [3.05, 3.63) is 40.9 Å². The maximum atomic E-state index is 12.3. The third-order valence-corrected chi connectivity index (χ3v) is 5.30. The fourth-order valence-electron chi connectivity index (χ4n) is 2.85. The van der Waals surface area contributed by atoms with Crippen LogP contribution in [0.1, 0.15) is 42.7 Å². The standard InChI is InChI=1S/C20H21N3O5S/c1-12(24)14-5-3-6-15(9-14)21-19(27)13(2)28-18(26)10-16-11-29-20(22-16)23-8-4-7-17(23)25/h3,5-6,9,11,13H,4,7-8,10H2,1-2H3,(H,21,27)/t13-/m1/s1. The number of anilines is 2. The Morgan fingerprint density at radius 3 is 2.83 bits per heavy atom. The number of carbonyl (C=O) groups excluding carboxylic acids is 4. The second kappa shape index (κ2) is 8.95. The van der Waals surface area contributed by atoms with Crippen molar-refractivity contribution in [2.45, 2.75) is 39.2 Å². The summed E-state index contributed by atoms with van der Waals surface area (Å²) < 4.78 is 5.19. The first-order valence-corrected chi connectivity index (χ1v) is 10.1. The van der Waals surface area contributed by atoms with Crippen LogP contribution >= 0.6 is 11.3 Å². The van der Waals surface area contributed by atoms with E-state index < -0.39 is 18.0 Å². The van der Waals surface area contributed by atoms with E-state index >= 15 is 0 Å². The molecular weight excluding hydrogens is 394 g/mol. The highest BCUT2D eigenvalue weighted by molar-refractivity contribution is 7.14. The predicted molar refractivity (Wildman–Crippen MR) is 108 cm³/mol. The lowest BCUT2D eigenvalue weighted by atomic mass is 10.1. The van der Waals surface area contributed by atoms with E-state index in [9.17, 15) is 19.2 Å². The van der Waals surface area contributed by atoms with Crippen LogP contribution in [0.25, 0.3) is 0 Å². The van der Waals surface area contributed by atoms with Crippen LogP contribution in [-0.2, 0) is 25.5 Å². The molecule has 1 N–H and O–H groups in total. The first-order chi connectivity index (χ1) is 13.8. The molecule has 0 aliphatic carbocycles. The summed E-state index contributed by atoms with van der Waals surface area (Å²) in [7, 11) is 0. The van der Waals surface area contributed by atoms with Gasteiger partial charge in [-0.05, 0) is 32.4 Å². The largest absolute Gasteiger partial charge is 0.452 e. The second-order valence-electron chi connectivity index (χ2n) is 6.71. The molecule has 1 aliphatic rings.